The molecule has 1 saturated heterocycles. The monoisotopic (exact) mass is 223 g/mol. The summed E-state index contributed by atoms with van der Waals surface area (Å²) in [4.78, 5) is 4.21. The molecule has 0 aromatic carbocycles. The Bertz CT molecular complexity index is 329. The van der Waals surface area contributed by atoms with Crippen LogP contribution < -0.4 is 5.73 Å². The highest BCUT2D eigenvalue weighted by atomic mass is 16.5. The highest BCUT2D eigenvalue weighted by Crippen LogP contribution is 2.21. The minimum absolute atomic E-state index is 0.0739. The van der Waals surface area contributed by atoms with Crippen molar-refractivity contribution in [1.29, 1.82) is 0 Å². The summed E-state index contributed by atoms with van der Waals surface area (Å²) < 4.78 is 7.57. The lowest BCUT2D eigenvalue weighted by atomic mass is 10.0. The molecule has 2 atom stereocenters. The number of rotatable bonds is 4. The number of nitrogens with two attached hydrogens (primary N) is 1. The molecule has 0 amide bonds. The number of hydrogen-bond acceptors (Lipinski definition) is 3. The van der Waals surface area contributed by atoms with Crippen LogP contribution >= 0.6 is 0 Å². The van der Waals surface area contributed by atoms with E-state index in [1.54, 1.807) is 0 Å². The van der Waals surface area contributed by atoms with Gasteiger partial charge < -0.3 is 15.0 Å². The highest BCUT2D eigenvalue weighted by Gasteiger charge is 2.20. The standard InChI is InChI=1S/C12H21N3O/c1-9(2)12(13)11-5-14-8-15(11)6-10-3-4-16-7-10/h5,8-10,12H,3-4,6-7,13H2,1-2H3. The van der Waals surface area contributed by atoms with E-state index in [0.29, 0.717) is 11.8 Å². The van der Waals surface area contributed by atoms with E-state index in [9.17, 15) is 0 Å². The van der Waals surface area contributed by atoms with Crippen LogP contribution in [0.25, 0.3) is 0 Å². The van der Waals surface area contributed by atoms with Gasteiger partial charge in [0.2, 0.25) is 0 Å². The molecule has 4 heteroatoms. The van der Waals surface area contributed by atoms with Crippen LogP contribution in [0.15, 0.2) is 12.5 Å². The summed E-state index contributed by atoms with van der Waals surface area (Å²) in [5.74, 6) is 1.06. The van der Waals surface area contributed by atoms with Gasteiger partial charge in [0.1, 0.15) is 0 Å². The summed E-state index contributed by atoms with van der Waals surface area (Å²) in [7, 11) is 0. The van der Waals surface area contributed by atoms with Crippen LogP contribution in [0.5, 0.6) is 0 Å². The first-order valence-corrected chi connectivity index (χ1v) is 6.02. The second-order valence-corrected chi connectivity index (χ2v) is 4.97. The molecule has 2 rings (SSSR count). The first kappa shape index (κ1) is 11.6. The highest BCUT2D eigenvalue weighted by molar-refractivity contribution is 5.05. The smallest absolute Gasteiger partial charge is 0.0948 e. The first-order valence-electron chi connectivity index (χ1n) is 6.02. The van der Waals surface area contributed by atoms with Gasteiger partial charge in [0.05, 0.1) is 18.6 Å². The zero-order valence-corrected chi connectivity index (χ0v) is 10.1. The van der Waals surface area contributed by atoms with E-state index in [-0.39, 0.29) is 6.04 Å². The number of aromatic nitrogens is 2. The average Bonchev–Trinajstić information content (AvgIpc) is 2.88. The molecule has 1 aliphatic heterocycles. The van der Waals surface area contributed by atoms with E-state index < -0.39 is 0 Å². The largest absolute Gasteiger partial charge is 0.381 e. The molecular formula is C12H21N3O. The van der Waals surface area contributed by atoms with Crippen LogP contribution in [0.4, 0.5) is 0 Å². The molecule has 0 radical (unpaired) electrons. The van der Waals surface area contributed by atoms with Gasteiger partial charge in [-0.05, 0) is 12.3 Å². The molecule has 1 aliphatic rings. The molecule has 4 nitrogen and oxygen atoms in total. The van der Waals surface area contributed by atoms with Crippen LogP contribution in [0.1, 0.15) is 32.0 Å². The number of hydrogen-bond donors (Lipinski definition) is 1. The molecular weight excluding hydrogens is 202 g/mol. The van der Waals surface area contributed by atoms with Gasteiger partial charge in [0.15, 0.2) is 0 Å². The minimum Gasteiger partial charge on any atom is -0.381 e. The van der Waals surface area contributed by atoms with Crippen LogP contribution in [-0.2, 0) is 11.3 Å². The molecule has 1 aromatic rings. The molecule has 0 bridgehead atoms. The Morgan fingerprint density at radius 1 is 1.62 bits per heavy atom. The molecule has 2 unspecified atom stereocenters. The Balaban J connectivity index is 2.06. The quantitative estimate of drug-likeness (QED) is 0.843. The van der Waals surface area contributed by atoms with Gasteiger partial charge in [-0.2, -0.15) is 0 Å². The van der Waals surface area contributed by atoms with Crippen LogP contribution in [0, 0.1) is 11.8 Å². The molecule has 16 heavy (non-hydrogen) atoms. The van der Waals surface area contributed by atoms with Crippen molar-refractivity contribution in [3.8, 4) is 0 Å². The van der Waals surface area contributed by atoms with Crippen molar-refractivity contribution >= 4 is 0 Å². The van der Waals surface area contributed by atoms with Crippen LogP contribution in [0.2, 0.25) is 0 Å². The van der Waals surface area contributed by atoms with E-state index in [0.717, 1.165) is 31.9 Å². The molecule has 2 heterocycles. The lowest BCUT2D eigenvalue weighted by Gasteiger charge is -2.19. The summed E-state index contributed by atoms with van der Waals surface area (Å²) in [6.45, 7) is 7.02. The number of ether oxygens (including phenoxy) is 1. The fourth-order valence-electron chi connectivity index (χ4n) is 2.11. The normalized spacial score (nSPS) is 22.9. The number of imidazole rings is 1. The zero-order chi connectivity index (χ0) is 11.5. The van der Waals surface area contributed by atoms with Crippen molar-refractivity contribution in [3.63, 3.8) is 0 Å². The third-order valence-electron chi connectivity index (χ3n) is 3.28. The van der Waals surface area contributed by atoms with Gasteiger partial charge in [-0.25, -0.2) is 4.98 Å². The Morgan fingerprint density at radius 2 is 2.44 bits per heavy atom. The van der Waals surface area contributed by atoms with E-state index in [1.807, 2.05) is 12.5 Å². The third-order valence-corrected chi connectivity index (χ3v) is 3.28. The van der Waals surface area contributed by atoms with Crippen molar-refractivity contribution in [1.82, 2.24) is 9.55 Å². The lowest BCUT2D eigenvalue weighted by molar-refractivity contribution is 0.182. The average molecular weight is 223 g/mol. The molecule has 1 aromatic heterocycles. The Morgan fingerprint density at radius 3 is 3.06 bits per heavy atom. The second kappa shape index (κ2) is 4.97. The van der Waals surface area contributed by atoms with Crippen LogP contribution in [0.3, 0.4) is 0 Å². The molecule has 90 valence electrons. The van der Waals surface area contributed by atoms with Crippen molar-refractivity contribution in [2.45, 2.75) is 32.9 Å². The Hall–Kier alpha value is -0.870. The Kier molecular flexibility index (Phi) is 3.61. The van der Waals surface area contributed by atoms with Crippen LogP contribution in [-0.4, -0.2) is 22.8 Å². The summed E-state index contributed by atoms with van der Waals surface area (Å²) in [6, 6.07) is 0.0739. The SMILES string of the molecule is CC(C)C(N)c1cncn1CC1CCOC1. The summed E-state index contributed by atoms with van der Waals surface area (Å²) in [6.07, 6.45) is 4.92. The van der Waals surface area contributed by atoms with Gasteiger partial charge in [0, 0.05) is 31.3 Å². The van der Waals surface area contributed by atoms with E-state index in [4.69, 9.17) is 10.5 Å². The van der Waals surface area contributed by atoms with Gasteiger partial charge in [-0.1, -0.05) is 13.8 Å². The topological polar surface area (TPSA) is 53.1 Å². The fourth-order valence-corrected chi connectivity index (χ4v) is 2.11. The van der Waals surface area contributed by atoms with Gasteiger partial charge >= 0.3 is 0 Å². The van der Waals surface area contributed by atoms with Crippen molar-refractivity contribution in [2.24, 2.45) is 17.6 Å². The fraction of sp³-hybridized carbons (Fsp3) is 0.750. The van der Waals surface area contributed by atoms with Crippen molar-refractivity contribution in [2.75, 3.05) is 13.2 Å². The minimum atomic E-state index is 0.0739. The predicted octanol–water partition coefficient (Wildman–Crippen LogP) is 1.58. The van der Waals surface area contributed by atoms with Gasteiger partial charge in [-0.15, -0.1) is 0 Å². The van der Waals surface area contributed by atoms with E-state index in [2.05, 4.69) is 23.4 Å². The lowest BCUT2D eigenvalue weighted by Crippen LogP contribution is -2.22. The molecule has 0 spiro atoms. The molecule has 0 aliphatic carbocycles. The van der Waals surface area contributed by atoms with E-state index in [1.165, 1.54) is 0 Å². The van der Waals surface area contributed by atoms with Gasteiger partial charge in [-0.3, -0.25) is 0 Å². The van der Waals surface area contributed by atoms with Crippen molar-refractivity contribution in [3.05, 3.63) is 18.2 Å². The predicted molar refractivity (Wildman–Crippen MR) is 62.9 cm³/mol. The number of nitrogens with zero attached hydrogens (tertiary/aromatic N) is 2. The maximum Gasteiger partial charge on any atom is 0.0948 e. The maximum atomic E-state index is 6.17. The first-order chi connectivity index (χ1) is 7.68. The summed E-state index contributed by atoms with van der Waals surface area (Å²) in [5, 5.41) is 0. The van der Waals surface area contributed by atoms with Gasteiger partial charge in [0.25, 0.3) is 0 Å². The summed E-state index contributed by atoms with van der Waals surface area (Å²) in [5.41, 5.74) is 7.31. The maximum absolute atomic E-state index is 6.17. The summed E-state index contributed by atoms with van der Waals surface area (Å²) >= 11 is 0. The molecule has 1 fully saturated rings. The Labute approximate surface area is 96.8 Å². The molecule has 0 saturated carbocycles. The van der Waals surface area contributed by atoms with E-state index >= 15 is 0 Å². The zero-order valence-electron chi connectivity index (χ0n) is 10.1. The van der Waals surface area contributed by atoms with Crippen molar-refractivity contribution < 1.29 is 4.74 Å². The third kappa shape index (κ3) is 2.44. The molecule has 2 N–H and O–H groups in total. The second-order valence-electron chi connectivity index (χ2n) is 4.97.